The lowest BCUT2D eigenvalue weighted by molar-refractivity contribution is -0.116. The maximum Gasteiger partial charge on any atom is 0.335 e. The number of hydrogen-bond donors (Lipinski definition) is 2. The number of methoxy groups -OCH3 is 1. The number of nitrogens with zero attached hydrogens (tertiary/aromatic N) is 1. The van der Waals surface area contributed by atoms with Crippen molar-refractivity contribution in [2.45, 2.75) is 11.8 Å². The van der Waals surface area contributed by atoms with Gasteiger partial charge in [0.15, 0.2) is 0 Å². The van der Waals surface area contributed by atoms with E-state index in [4.69, 9.17) is 9.84 Å². The Balaban J connectivity index is 2.14. The van der Waals surface area contributed by atoms with E-state index in [2.05, 4.69) is 5.32 Å². The van der Waals surface area contributed by atoms with Crippen LogP contribution in [-0.4, -0.2) is 49.9 Å². The van der Waals surface area contributed by atoms with E-state index in [-0.39, 0.29) is 23.5 Å². The monoisotopic (exact) mass is 392 g/mol. The molecule has 0 radical (unpaired) electrons. The first-order valence-electron chi connectivity index (χ1n) is 8.05. The molecule has 0 bridgehead atoms. The molecule has 0 saturated heterocycles. The Morgan fingerprint density at radius 2 is 1.81 bits per heavy atom. The van der Waals surface area contributed by atoms with Gasteiger partial charge < -0.3 is 15.2 Å². The van der Waals surface area contributed by atoms with Crippen molar-refractivity contribution in [3.05, 3.63) is 54.1 Å². The number of carbonyl (C=O) groups is 2. The highest BCUT2D eigenvalue weighted by molar-refractivity contribution is 7.89. The van der Waals surface area contributed by atoms with Gasteiger partial charge in [-0.2, -0.15) is 4.31 Å². The standard InChI is InChI=1S/C18H20N2O6S/c1-3-20(12-17(21)19-14-5-4-6-15(11-14)26-2)27(24,25)16-9-7-13(8-10-16)18(22)23/h4-11H,3,12H2,1-2H3,(H,19,21)(H,22,23). The highest BCUT2D eigenvalue weighted by Crippen LogP contribution is 2.18. The molecule has 0 heterocycles. The second-order valence-corrected chi connectivity index (χ2v) is 7.48. The number of rotatable bonds is 8. The molecule has 0 spiro atoms. The lowest BCUT2D eigenvalue weighted by Gasteiger charge is -2.20. The van der Waals surface area contributed by atoms with Crippen molar-refractivity contribution < 1.29 is 27.9 Å². The van der Waals surface area contributed by atoms with E-state index in [1.54, 1.807) is 31.2 Å². The van der Waals surface area contributed by atoms with Crippen LogP contribution in [0.25, 0.3) is 0 Å². The maximum atomic E-state index is 12.7. The second kappa shape index (κ2) is 8.65. The number of nitrogens with one attached hydrogen (secondary N) is 1. The average Bonchev–Trinajstić information content (AvgIpc) is 2.66. The van der Waals surface area contributed by atoms with Gasteiger partial charge in [-0.15, -0.1) is 0 Å². The highest BCUT2D eigenvalue weighted by Gasteiger charge is 2.25. The first kappa shape index (κ1) is 20.4. The van der Waals surface area contributed by atoms with E-state index >= 15 is 0 Å². The van der Waals surface area contributed by atoms with Crippen LogP contribution in [0.5, 0.6) is 5.75 Å². The number of carboxylic acids is 1. The smallest absolute Gasteiger partial charge is 0.335 e. The predicted molar refractivity (Wildman–Crippen MR) is 99.5 cm³/mol. The molecular weight excluding hydrogens is 372 g/mol. The Morgan fingerprint density at radius 1 is 1.15 bits per heavy atom. The molecule has 144 valence electrons. The van der Waals surface area contributed by atoms with Gasteiger partial charge in [0.25, 0.3) is 0 Å². The number of hydrogen-bond acceptors (Lipinski definition) is 5. The quantitative estimate of drug-likeness (QED) is 0.711. The van der Waals surface area contributed by atoms with Gasteiger partial charge in [-0.3, -0.25) is 4.79 Å². The van der Waals surface area contributed by atoms with E-state index in [1.165, 1.54) is 31.4 Å². The van der Waals surface area contributed by atoms with E-state index < -0.39 is 21.9 Å². The number of sulfonamides is 1. The molecule has 8 nitrogen and oxygen atoms in total. The molecule has 27 heavy (non-hydrogen) atoms. The fraction of sp³-hybridized carbons (Fsp3) is 0.222. The van der Waals surface area contributed by atoms with Crippen molar-refractivity contribution in [1.29, 1.82) is 0 Å². The number of amides is 1. The number of likely N-dealkylation sites (N-methyl/N-ethyl adjacent to an activating group) is 1. The van der Waals surface area contributed by atoms with Gasteiger partial charge in [-0.1, -0.05) is 13.0 Å². The molecule has 9 heteroatoms. The topological polar surface area (TPSA) is 113 Å². The van der Waals surface area contributed by atoms with Crippen LogP contribution in [0, 0.1) is 0 Å². The molecule has 0 atom stereocenters. The van der Waals surface area contributed by atoms with E-state index in [9.17, 15) is 18.0 Å². The van der Waals surface area contributed by atoms with Crippen LogP contribution in [0.4, 0.5) is 5.69 Å². The molecule has 2 N–H and O–H groups in total. The molecule has 2 rings (SSSR count). The summed E-state index contributed by atoms with van der Waals surface area (Å²) in [5.41, 5.74) is 0.464. The van der Waals surface area contributed by atoms with E-state index in [1.807, 2.05) is 0 Å². The van der Waals surface area contributed by atoms with Gasteiger partial charge in [0.2, 0.25) is 15.9 Å². The number of carbonyl (C=O) groups excluding carboxylic acids is 1. The lowest BCUT2D eigenvalue weighted by Crippen LogP contribution is -2.37. The Labute approximate surface area is 157 Å². The van der Waals surface area contributed by atoms with Crippen molar-refractivity contribution in [3.63, 3.8) is 0 Å². The molecule has 0 unspecified atom stereocenters. The van der Waals surface area contributed by atoms with E-state index in [0.29, 0.717) is 11.4 Å². The first-order valence-corrected chi connectivity index (χ1v) is 9.49. The molecule has 2 aromatic rings. The van der Waals surface area contributed by atoms with E-state index in [0.717, 1.165) is 4.31 Å². The fourth-order valence-electron chi connectivity index (χ4n) is 2.35. The second-order valence-electron chi connectivity index (χ2n) is 5.54. The minimum atomic E-state index is -3.94. The average molecular weight is 392 g/mol. The van der Waals surface area contributed by atoms with Crippen LogP contribution in [0.3, 0.4) is 0 Å². The summed E-state index contributed by atoms with van der Waals surface area (Å²) >= 11 is 0. The van der Waals surface area contributed by atoms with Crippen molar-refractivity contribution in [2.24, 2.45) is 0 Å². The lowest BCUT2D eigenvalue weighted by atomic mass is 10.2. The molecule has 1 amide bonds. The fourth-order valence-corrected chi connectivity index (χ4v) is 3.75. The Morgan fingerprint density at radius 3 is 2.37 bits per heavy atom. The first-order chi connectivity index (χ1) is 12.8. The molecular formula is C18H20N2O6S. The van der Waals surface area contributed by atoms with Gasteiger partial charge in [0.05, 0.1) is 24.1 Å². The molecule has 0 saturated carbocycles. The zero-order valence-electron chi connectivity index (χ0n) is 14.9. The number of benzene rings is 2. The van der Waals surface area contributed by atoms with Crippen molar-refractivity contribution >= 4 is 27.6 Å². The zero-order chi connectivity index (χ0) is 20.0. The van der Waals surface area contributed by atoms with Crippen molar-refractivity contribution in [3.8, 4) is 5.75 Å². The Hall–Kier alpha value is -2.91. The van der Waals surface area contributed by atoms with Gasteiger partial charge in [0, 0.05) is 18.3 Å². The number of carboxylic acid groups (broad SMARTS) is 1. The molecule has 0 fully saturated rings. The molecule has 2 aromatic carbocycles. The summed E-state index contributed by atoms with van der Waals surface area (Å²) in [7, 11) is -2.44. The summed E-state index contributed by atoms with van der Waals surface area (Å²) < 4.78 is 31.5. The summed E-state index contributed by atoms with van der Waals surface area (Å²) in [6.07, 6.45) is 0. The molecule has 0 aromatic heterocycles. The zero-order valence-corrected chi connectivity index (χ0v) is 15.7. The largest absolute Gasteiger partial charge is 0.497 e. The molecule has 0 aliphatic heterocycles. The van der Waals surface area contributed by atoms with Gasteiger partial charge >= 0.3 is 5.97 Å². The van der Waals surface area contributed by atoms with Crippen LogP contribution in [0.1, 0.15) is 17.3 Å². The third-order valence-electron chi connectivity index (χ3n) is 3.77. The minimum absolute atomic E-state index is 0.0206. The van der Waals surface area contributed by atoms with Gasteiger partial charge in [-0.05, 0) is 36.4 Å². The maximum absolute atomic E-state index is 12.7. The highest BCUT2D eigenvalue weighted by atomic mass is 32.2. The van der Waals surface area contributed by atoms with Crippen LogP contribution in [0.15, 0.2) is 53.4 Å². The SMILES string of the molecule is CCN(CC(=O)Nc1cccc(OC)c1)S(=O)(=O)c1ccc(C(=O)O)cc1. The minimum Gasteiger partial charge on any atom is -0.497 e. The number of anilines is 1. The summed E-state index contributed by atoms with van der Waals surface area (Å²) in [5, 5.41) is 11.5. The third-order valence-corrected chi connectivity index (χ3v) is 5.70. The Bertz CT molecular complexity index is 925. The van der Waals surface area contributed by atoms with Gasteiger partial charge in [0.1, 0.15) is 5.75 Å². The summed E-state index contributed by atoms with van der Waals surface area (Å²) in [6, 6.07) is 11.5. The molecule has 0 aliphatic carbocycles. The predicted octanol–water partition coefficient (Wildman–Crippen LogP) is 2.04. The van der Waals surface area contributed by atoms with Gasteiger partial charge in [-0.25, -0.2) is 13.2 Å². The summed E-state index contributed by atoms with van der Waals surface area (Å²) in [4.78, 5) is 23.1. The normalized spacial score (nSPS) is 11.2. The summed E-state index contributed by atoms with van der Waals surface area (Å²) in [5.74, 6) is -1.09. The summed E-state index contributed by atoms with van der Waals surface area (Å²) in [6.45, 7) is 1.31. The van der Waals surface area contributed by atoms with Crippen molar-refractivity contribution in [2.75, 3.05) is 25.5 Å². The third kappa shape index (κ3) is 5.05. The van der Waals surface area contributed by atoms with Crippen LogP contribution in [0.2, 0.25) is 0 Å². The van der Waals surface area contributed by atoms with Crippen LogP contribution in [-0.2, 0) is 14.8 Å². The number of ether oxygens (including phenoxy) is 1. The Kier molecular flexibility index (Phi) is 6.54. The molecule has 0 aliphatic rings. The van der Waals surface area contributed by atoms with Crippen molar-refractivity contribution in [1.82, 2.24) is 4.31 Å². The van der Waals surface area contributed by atoms with Crippen LogP contribution >= 0.6 is 0 Å². The number of aromatic carboxylic acids is 1. The van der Waals surface area contributed by atoms with Crippen LogP contribution < -0.4 is 10.1 Å².